The molecule has 0 aromatic heterocycles. The fourth-order valence-electron chi connectivity index (χ4n) is 1.33. The van der Waals surface area contributed by atoms with E-state index < -0.39 is 0 Å². The summed E-state index contributed by atoms with van der Waals surface area (Å²) in [5, 5.41) is 0. The van der Waals surface area contributed by atoms with Crippen molar-refractivity contribution in [1.82, 2.24) is 0 Å². The number of Topliss-reactive ketones (excluding diaryl/α,β-unsaturated/α-hetero) is 1. The molecule has 3 heteroatoms. The predicted octanol–water partition coefficient (Wildman–Crippen LogP) is 2.21. The molecule has 0 radical (unpaired) electrons. The summed E-state index contributed by atoms with van der Waals surface area (Å²) in [6.45, 7) is 3.05. The van der Waals surface area contributed by atoms with Crippen molar-refractivity contribution in [3.05, 3.63) is 35.9 Å². The standard InChI is InChI=1S/C12H14O3/c1-9(15-10(2)13)8-12(14)11-6-4-3-5-7-11/h3-7,9H,8H2,1-2H3. The minimum atomic E-state index is -0.366. The molecule has 0 saturated heterocycles. The molecule has 0 saturated carbocycles. The molecular formula is C12H14O3. The van der Waals surface area contributed by atoms with Gasteiger partial charge in [-0.1, -0.05) is 30.3 Å². The number of esters is 1. The maximum Gasteiger partial charge on any atom is 0.302 e. The zero-order valence-electron chi connectivity index (χ0n) is 8.90. The number of hydrogen-bond donors (Lipinski definition) is 0. The summed E-state index contributed by atoms with van der Waals surface area (Å²) >= 11 is 0. The van der Waals surface area contributed by atoms with Gasteiger partial charge in [0.2, 0.25) is 0 Å². The minimum Gasteiger partial charge on any atom is -0.462 e. The van der Waals surface area contributed by atoms with E-state index in [0.29, 0.717) is 5.56 Å². The smallest absolute Gasteiger partial charge is 0.302 e. The summed E-state index contributed by atoms with van der Waals surface area (Å²) in [7, 11) is 0. The Morgan fingerprint density at radius 3 is 2.40 bits per heavy atom. The highest BCUT2D eigenvalue weighted by Crippen LogP contribution is 2.07. The van der Waals surface area contributed by atoms with E-state index in [0.717, 1.165) is 0 Å². The van der Waals surface area contributed by atoms with E-state index in [1.165, 1.54) is 6.92 Å². The second-order valence-electron chi connectivity index (χ2n) is 3.41. The third kappa shape index (κ3) is 3.94. The summed E-state index contributed by atoms with van der Waals surface area (Å²) in [5.74, 6) is -0.368. The molecule has 80 valence electrons. The third-order valence-electron chi connectivity index (χ3n) is 1.94. The maximum absolute atomic E-state index is 11.6. The number of benzene rings is 1. The van der Waals surface area contributed by atoms with E-state index in [9.17, 15) is 9.59 Å². The lowest BCUT2D eigenvalue weighted by Gasteiger charge is -2.10. The molecule has 0 amide bonds. The van der Waals surface area contributed by atoms with Crippen LogP contribution in [0.4, 0.5) is 0 Å². The third-order valence-corrected chi connectivity index (χ3v) is 1.94. The normalized spacial score (nSPS) is 11.9. The zero-order chi connectivity index (χ0) is 11.3. The van der Waals surface area contributed by atoms with Crippen molar-refractivity contribution in [2.45, 2.75) is 26.4 Å². The Labute approximate surface area is 89.1 Å². The van der Waals surface area contributed by atoms with Crippen LogP contribution in [0, 0.1) is 0 Å². The van der Waals surface area contributed by atoms with Crippen molar-refractivity contribution < 1.29 is 14.3 Å². The van der Waals surface area contributed by atoms with Crippen LogP contribution in [0.25, 0.3) is 0 Å². The fraction of sp³-hybridized carbons (Fsp3) is 0.333. The molecular weight excluding hydrogens is 192 g/mol. The molecule has 1 rings (SSSR count). The Hall–Kier alpha value is -1.64. The van der Waals surface area contributed by atoms with Crippen molar-refractivity contribution in [3.8, 4) is 0 Å². The van der Waals surface area contributed by atoms with Crippen molar-refractivity contribution in [2.24, 2.45) is 0 Å². The fourth-order valence-corrected chi connectivity index (χ4v) is 1.33. The molecule has 1 aromatic carbocycles. The monoisotopic (exact) mass is 206 g/mol. The number of rotatable bonds is 4. The van der Waals surface area contributed by atoms with E-state index >= 15 is 0 Å². The van der Waals surface area contributed by atoms with Gasteiger partial charge in [-0.05, 0) is 6.92 Å². The number of ketones is 1. The second kappa shape index (κ2) is 5.29. The molecule has 15 heavy (non-hydrogen) atoms. The van der Waals surface area contributed by atoms with Crippen LogP contribution in [0.1, 0.15) is 30.6 Å². The number of ether oxygens (including phenoxy) is 1. The summed E-state index contributed by atoms with van der Waals surface area (Å²) in [6.07, 6.45) is -0.140. The highest BCUT2D eigenvalue weighted by molar-refractivity contribution is 5.96. The quantitative estimate of drug-likeness (QED) is 0.560. The van der Waals surface area contributed by atoms with Gasteiger partial charge < -0.3 is 4.74 Å². The van der Waals surface area contributed by atoms with Crippen LogP contribution in [0.3, 0.4) is 0 Å². The summed E-state index contributed by atoms with van der Waals surface area (Å²) in [5.41, 5.74) is 0.650. The van der Waals surface area contributed by atoms with Crippen molar-refractivity contribution >= 4 is 11.8 Å². The average molecular weight is 206 g/mol. The molecule has 0 aliphatic carbocycles. The Balaban J connectivity index is 2.53. The lowest BCUT2D eigenvalue weighted by atomic mass is 10.1. The molecule has 0 N–H and O–H groups in total. The summed E-state index contributed by atoms with van der Waals surface area (Å²) in [4.78, 5) is 22.3. The highest BCUT2D eigenvalue weighted by Gasteiger charge is 2.12. The van der Waals surface area contributed by atoms with Crippen LogP contribution in [0.5, 0.6) is 0 Å². The Bertz CT molecular complexity index is 343. The van der Waals surface area contributed by atoms with Crippen molar-refractivity contribution in [1.29, 1.82) is 0 Å². The van der Waals surface area contributed by atoms with Gasteiger partial charge in [-0.25, -0.2) is 0 Å². The Morgan fingerprint density at radius 1 is 1.27 bits per heavy atom. The first-order valence-electron chi connectivity index (χ1n) is 4.85. The Kier molecular flexibility index (Phi) is 4.03. The highest BCUT2D eigenvalue weighted by atomic mass is 16.5. The van der Waals surface area contributed by atoms with Crippen molar-refractivity contribution in [3.63, 3.8) is 0 Å². The maximum atomic E-state index is 11.6. The minimum absolute atomic E-state index is 0.00986. The van der Waals surface area contributed by atoms with Gasteiger partial charge >= 0.3 is 5.97 Å². The molecule has 1 aromatic rings. The van der Waals surface area contributed by atoms with E-state index in [2.05, 4.69) is 0 Å². The molecule has 1 atom stereocenters. The first-order valence-corrected chi connectivity index (χ1v) is 4.85. The molecule has 1 unspecified atom stereocenters. The van der Waals surface area contributed by atoms with Gasteiger partial charge in [0.25, 0.3) is 0 Å². The summed E-state index contributed by atoms with van der Waals surface area (Å²) < 4.78 is 4.88. The van der Waals surface area contributed by atoms with Crippen molar-refractivity contribution in [2.75, 3.05) is 0 Å². The predicted molar refractivity (Wildman–Crippen MR) is 56.6 cm³/mol. The summed E-state index contributed by atoms with van der Waals surface area (Å²) in [6, 6.07) is 8.98. The number of carbonyl (C=O) groups is 2. The van der Waals surface area contributed by atoms with Crippen LogP contribution >= 0.6 is 0 Å². The second-order valence-corrected chi connectivity index (χ2v) is 3.41. The molecule has 0 bridgehead atoms. The first kappa shape index (κ1) is 11.4. The van der Waals surface area contributed by atoms with E-state index in [1.807, 2.05) is 18.2 Å². The van der Waals surface area contributed by atoms with Gasteiger partial charge in [-0.2, -0.15) is 0 Å². The van der Waals surface area contributed by atoms with Crippen LogP contribution in [0.2, 0.25) is 0 Å². The van der Waals surface area contributed by atoms with Gasteiger partial charge in [-0.3, -0.25) is 9.59 Å². The van der Waals surface area contributed by atoms with Crippen LogP contribution in [-0.4, -0.2) is 17.9 Å². The molecule has 0 spiro atoms. The zero-order valence-corrected chi connectivity index (χ0v) is 8.90. The number of carbonyl (C=O) groups excluding carboxylic acids is 2. The van der Waals surface area contributed by atoms with Gasteiger partial charge in [-0.15, -0.1) is 0 Å². The van der Waals surface area contributed by atoms with Crippen LogP contribution < -0.4 is 0 Å². The van der Waals surface area contributed by atoms with Crippen LogP contribution in [-0.2, 0) is 9.53 Å². The van der Waals surface area contributed by atoms with Gasteiger partial charge in [0.15, 0.2) is 5.78 Å². The van der Waals surface area contributed by atoms with Gasteiger partial charge in [0.1, 0.15) is 6.10 Å². The average Bonchev–Trinajstić information content (AvgIpc) is 2.17. The van der Waals surface area contributed by atoms with E-state index in [4.69, 9.17) is 4.74 Å². The number of hydrogen-bond acceptors (Lipinski definition) is 3. The first-order chi connectivity index (χ1) is 7.09. The van der Waals surface area contributed by atoms with Crippen LogP contribution in [0.15, 0.2) is 30.3 Å². The van der Waals surface area contributed by atoms with Gasteiger partial charge in [0.05, 0.1) is 0 Å². The molecule has 3 nitrogen and oxygen atoms in total. The molecule has 0 aliphatic rings. The lowest BCUT2D eigenvalue weighted by Crippen LogP contribution is -2.16. The SMILES string of the molecule is CC(=O)OC(C)CC(=O)c1ccccc1. The topological polar surface area (TPSA) is 43.4 Å². The molecule has 0 fully saturated rings. The Morgan fingerprint density at radius 2 is 1.87 bits per heavy atom. The molecule has 0 aliphatic heterocycles. The molecule has 0 heterocycles. The lowest BCUT2D eigenvalue weighted by molar-refractivity contribution is -0.145. The van der Waals surface area contributed by atoms with Gasteiger partial charge in [0, 0.05) is 18.9 Å². The van der Waals surface area contributed by atoms with E-state index in [-0.39, 0.29) is 24.3 Å². The van der Waals surface area contributed by atoms with E-state index in [1.54, 1.807) is 19.1 Å². The largest absolute Gasteiger partial charge is 0.462 e.